The number of imidazole rings is 1. The van der Waals surface area contributed by atoms with Gasteiger partial charge in [-0.1, -0.05) is 0 Å². The Bertz CT molecular complexity index is 754. The first kappa shape index (κ1) is 15.0. The van der Waals surface area contributed by atoms with Crippen molar-refractivity contribution in [3.05, 3.63) is 27.2 Å². The monoisotopic (exact) mass is 308 g/mol. The Hall–Kier alpha value is -1.93. The lowest BCUT2D eigenvalue weighted by Crippen LogP contribution is -2.39. The molecule has 120 valence electrons. The van der Waals surface area contributed by atoms with Gasteiger partial charge in [-0.15, -0.1) is 0 Å². The van der Waals surface area contributed by atoms with Crippen molar-refractivity contribution in [3.63, 3.8) is 0 Å². The van der Waals surface area contributed by atoms with Crippen molar-refractivity contribution in [2.45, 2.75) is 38.5 Å². The Morgan fingerprint density at radius 1 is 1.45 bits per heavy atom. The van der Waals surface area contributed by atoms with E-state index in [1.165, 1.54) is 15.5 Å². The summed E-state index contributed by atoms with van der Waals surface area (Å²) in [5, 5.41) is 0. The highest BCUT2D eigenvalue weighted by Crippen LogP contribution is 2.13. The Balaban J connectivity index is 1.66. The van der Waals surface area contributed by atoms with E-state index in [0.717, 1.165) is 25.9 Å². The van der Waals surface area contributed by atoms with Gasteiger partial charge in [0, 0.05) is 20.2 Å². The van der Waals surface area contributed by atoms with Crippen molar-refractivity contribution in [2.75, 3.05) is 13.2 Å². The maximum atomic E-state index is 12.3. The first-order chi connectivity index (χ1) is 10.7. The number of rotatable bonds is 5. The van der Waals surface area contributed by atoms with Gasteiger partial charge in [-0.05, 0) is 25.7 Å². The largest absolute Gasteiger partial charge is 0.353 e. The van der Waals surface area contributed by atoms with Crippen LogP contribution in [0.3, 0.4) is 0 Å². The highest BCUT2D eigenvalue weighted by Gasteiger charge is 2.15. The summed E-state index contributed by atoms with van der Waals surface area (Å²) in [5.74, 6) is 0. The molecule has 0 aromatic carbocycles. The van der Waals surface area contributed by atoms with Gasteiger partial charge in [-0.25, -0.2) is 9.78 Å². The summed E-state index contributed by atoms with van der Waals surface area (Å²) in [6, 6.07) is 0. The number of hydrogen-bond donors (Lipinski definition) is 1. The van der Waals surface area contributed by atoms with E-state index in [4.69, 9.17) is 9.47 Å². The fraction of sp³-hybridized carbons (Fsp3) is 0.643. The summed E-state index contributed by atoms with van der Waals surface area (Å²) >= 11 is 0. The zero-order chi connectivity index (χ0) is 15.5. The minimum absolute atomic E-state index is 0.150. The Morgan fingerprint density at radius 2 is 2.32 bits per heavy atom. The molecule has 2 aromatic rings. The average molecular weight is 308 g/mol. The van der Waals surface area contributed by atoms with Crippen molar-refractivity contribution in [3.8, 4) is 0 Å². The van der Waals surface area contributed by atoms with Crippen molar-refractivity contribution >= 4 is 11.2 Å². The van der Waals surface area contributed by atoms with Crippen molar-refractivity contribution in [2.24, 2.45) is 7.05 Å². The standard InChI is InChI=1S/C14H20N4O4/c1-17-12-11(15-9-16-12)13(19)18(14(17)20)6-4-8-22-10-5-2-3-7-21-10/h9-10H,2-8H2,1H3,(H,15,16). The molecular formula is C14H20N4O4. The summed E-state index contributed by atoms with van der Waals surface area (Å²) in [5.41, 5.74) is 0.0137. The lowest BCUT2D eigenvalue weighted by molar-refractivity contribution is -0.163. The van der Waals surface area contributed by atoms with Gasteiger partial charge in [0.2, 0.25) is 0 Å². The third-order valence-electron chi connectivity index (χ3n) is 3.88. The molecule has 1 fully saturated rings. The number of ether oxygens (including phenoxy) is 2. The fourth-order valence-corrected chi connectivity index (χ4v) is 2.67. The van der Waals surface area contributed by atoms with Crippen LogP contribution in [-0.2, 0) is 23.1 Å². The fourth-order valence-electron chi connectivity index (χ4n) is 2.67. The van der Waals surface area contributed by atoms with E-state index in [2.05, 4.69) is 9.97 Å². The van der Waals surface area contributed by atoms with E-state index in [1.54, 1.807) is 7.05 Å². The van der Waals surface area contributed by atoms with Crippen LogP contribution in [0.5, 0.6) is 0 Å². The molecule has 2 aromatic heterocycles. The molecule has 1 aliphatic heterocycles. The number of hydrogen-bond acceptors (Lipinski definition) is 5. The third-order valence-corrected chi connectivity index (χ3v) is 3.88. The molecule has 0 amide bonds. The minimum atomic E-state index is -0.362. The van der Waals surface area contributed by atoms with Crippen molar-refractivity contribution < 1.29 is 9.47 Å². The van der Waals surface area contributed by atoms with Crippen LogP contribution in [0.4, 0.5) is 0 Å². The van der Waals surface area contributed by atoms with Crippen LogP contribution >= 0.6 is 0 Å². The van der Waals surface area contributed by atoms with Crippen LogP contribution in [0, 0.1) is 0 Å². The quantitative estimate of drug-likeness (QED) is 0.805. The molecule has 8 nitrogen and oxygen atoms in total. The molecule has 1 N–H and O–H groups in total. The minimum Gasteiger partial charge on any atom is -0.353 e. The molecule has 1 saturated heterocycles. The molecular weight excluding hydrogens is 288 g/mol. The number of H-pyrrole nitrogens is 1. The molecule has 1 atom stereocenters. The van der Waals surface area contributed by atoms with Crippen LogP contribution in [0.15, 0.2) is 15.9 Å². The van der Waals surface area contributed by atoms with Crippen LogP contribution < -0.4 is 11.2 Å². The van der Waals surface area contributed by atoms with Crippen molar-refractivity contribution in [1.82, 2.24) is 19.1 Å². The highest BCUT2D eigenvalue weighted by atomic mass is 16.7. The lowest BCUT2D eigenvalue weighted by atomic mass is 10.2. The number of nitrogens with one attached hydrogen (secondary N) is 1. The Labute approximate surface area is 126 Å². The van der Waals surface area contributed by atoms with Crippen LogP contribution in [0.25, 0.3) is 11.2 Å². The second-order valence-electron chi connectivity index (χ2n) is 5.42. The number of fused-ring (bicyclic) bond motifs is 1. The second kappa shape index (κ2) is 6.45. The Kier molecular flexibility index (Phi) is 4.39. The summed E-state index contributed by atoms with van der Waals surface area (Å²) in [7, 11) is 1.60. The third kappa shape index (κ3) is 2.84. The maximum Gasteiger partial charge on any atom is 0.332 e. The van der Waals surface area contributed by atoms with Gasteiger partial charge in [0.1, 0.15) is 5.52 Å². The van der Waals surface area contributed by atoms with Gasteiger partial charge in [0.25, 0.3) is 5.56 Å². The smallest absolute Gasteiger partial charge is 0.332 e. The molecule has 3 heterocycles. The van der Waals surface area contributed by atoms with Crippen LogP contribution in [-0.4, -0.2) is 38.6 Å². The van der Waals surface area contributed by atoms with Gasteiger partial charge in [0.05, 0.1) is 12.9 Å². The number of aryl methyl sites for hydroxylation is 1. The molecule has 0 saturated carbocycles. The molecule has 0 aliphatic carbocycles. The van der Waals surface area contributed by atoms with E-state index >= 15 is 0 Å². The van der Waals surface area contributed by atoms with E-state index in [0.29, 0.717) is 30.7 Å². The first-order valence-electron chi connectivity index (χ1n) is 7.54. The molecule has 22 heavy (non-hydrogen) atoms. The predicted octanol–water partition coefficient (Wildman–Crippen LogP) is 0.357. The van der Waals surface area contributed by atoms with E-state index < -0.39 is 0 Å². The number of aromatic amines is 1. The van der Waals surface area contributed by atoms with Crippen molar-refractivity contribution in [1.29, 1.82) is 0 Å². The molecule has 0 spiro atoms. The number of nitrogens with zero attached hydrogens (tertiary/aromatic N) is 3. The van der Waals surface area contributed by atoms with Gasteiger partial charge in [0.15, 0.2) is 11.9 Å². The summed E-state index contributed by atoms with van der Waals surface area (Å²) in [4.78, 5) is 31.2. The highest BCUT2D eigenvalue weighted by molar-refractivity contribution is 5.68. The Morgan fingerprint density at radius 3 is 3.09 bits per heavy atom. The van der Waals surface area contributed by atoms with Gasteiger partial charge >= 0.3 is 5.69 Å². The second-order valence-corrected chi connectivity index (χ2v) is 5.42. The molecule has 3 rings (SSSR count). The molecule has 1 unspecified atom stereocenters. The van der Waals surface area contributed by atoms with E-state index in [-0.39, 0.29) is 17.5 Å². The SMILES string of the molecule is Cn1c(=O)n(CCCOC2CCCCO2)c(=O)c2[nH]cnc21. The first-order valence-corrected chi connectivity index (χ1v) is 7.54. The topological polar surface area (TPSA) is 91.1 Å². The number of aromatic nitrogens is 4. The van der Waals surface area contributed by atoms with Gasteiger partial charge < -0.3 is 14.5 Å². The molecule has 0 radical (unpaired) electrons. The normalized spacial score (nSPS) is 18.9. The zero-order valence-electron chi connectivity index (χ0n) is 12.6. The predicted molar refractivity (Wildman–Crippen MR) is 79.8 cm³/mol. The van der Waals surface area contributed by atoms with Gasteiger partial charge in [-0.2, -0.15) is 0 Å². The summed E-state index contributed by atoms with van der Waals surface area (Å²) in [6.45, 7) is 1.51. The maximum absolute atomic E-state index is 12.3. The molecule has 1 aliphatic rings. The summed E-state index contributed by atoms with van der Waals surface area (Å²) < 4.78 is 13.7. The summed E-state index contributed by atoms with van der Waals surface area (Å²) in [6.07, 6.45) is 4.94. The average Bonchev–Trinajstić information content (AvgIpc) is 3.03. The van der Waals surface area contributed by atoms with E-state index in [9.17, 15) is 9.59 Å². The van der Waals surface area contributed by atoms with Gasteiger partial charge in [-0.3, -0.25) is 13.9 Å². The zero-order valence-corrected chi connectivity index (χ0v) is 12.6. The van der Waals surface area contributed by atoms with Crippen LogP contribution in [0.2, 0.25) is 0 Å². The molecule has 0 bridgehead atoms. The van der Waals surface area contributed by atoms with Crippen LogP contribution in [0.1, 0.15) is 25.7 Å². The lowest BCUT2D eigenvalue weighted by Gasteiger charge is -2.22. The van der Waals surface area contributed by atoms with E-state index in [1.807, 2.05) is 0 Å². The molecule has 8 heteroatoms.